The van der Waals surface area contributed by atoms with Gasteiger partial charge in [-0.1, -0.05) is 38.1 Å². The minimum Gasteiger partial charge on any atom is -0.457 e. The molecule has 0 aliphatic heterocycles. The Bertz CT molecular complexity index is 974. The van der Waals surface area contributed by atoms with Crippen molar-refractivity contribution in [1.29, 1.82) is 0 Å². The van der Waals surface area contributed by atoms with Crippen LogP contribution >= 0.6 is 0 Å². The van der Waals surface area contributed by atoms with Crippen molar-refractivity contribution in [1.82, 2.24) is 0 Å². The number of benzene rings is 3. The Morgan fingerprint density at radius 2 is 1.55 bits per heavy atom. The van der Waals surface area contributed by atoms with Crippen LogP contribution in [0.25, 0.3) is 0 Å². The molecule has 5 heteroatoms. The van der Waals surface area contributed by atoms with Gasteiger partial charge in [-0.3, -0.25) is 0 Å². The molecule has 0 spiro atoms. The third kappa shape index (κ3) is 5.39. The Kier molecular flexibility index (Phi) is 6.60. The molecule has 29 heavy (non-hydrogen) atoms. The van der Waals surface area contributed by atoms with Crippen molar-refractivity contribution in [2.24, 2.45) is 0 Å². The first kappa shape index (κ1) is 20.9. The summed E-state index contributed by atoms with van der Waals surface area (Å²) in [6.07, 6.45) is 0.709. The molecule has 2 nitrogen and oxygen atoms in total. The molecule has 0 aliphatic rings. The van der Waals surface area contributed by atoms with Crippen LogP contribution in [-0.2, 0) is 16.8 Å². The average molecular weight is 400 g/mol. The largest absolute Gasteiger partial charge is 0.457 e. The second-order valence-electron chi connectivity index (χ2n) is 7.24. The molecule has 0 aromatic heterocycles. The molecule has 0 aliphatic carbocycles. The van der Waals surface area contributed by atoms with Crippen LogP contribution in [-0.4, -0.2) is 6.61 Å². The van der Waals surface area contributed by atoms with Gasteiger partial charge >= 0.3 is 0 Å². The fraction of sp³-hybridized carbons (Fsp3) is 0.250. The summed E-state index contributed by atoms with van der Waals surface area (Å²) in [5, 5.41) is 0. The Labute approximate surface area is 168 Å². The van der Waals surface area contributed by atoms with Crippen molar-refractivity contribution in [3.63, 3.8) is 0 Å². The maximum Gasteiger partial charge on any atom is 0.159 e. The van der Waals surface area contributed by atoms with Gasteiger partial charge in [0.25, 0.3) is 0 Å². The van der Waals surface area contributed by atoms with Crippen molar-refractivity contribution in [3.05, 3.63) is 95.3 Å². The second-order valence-corrected chi connectivity index (χ2v) is 7.24. The molecule has 0 heterocycles. The molecule has 3 aromatic carbocycles. The van der Waals surface area contributed by atoms with Gasteiger partial charge in [0.05, 0.1) is 13.2 Å². The molecule has 0 saturated heterocycles. The molecule has 152 valence electrons. The first-order valence-corrected chi connectivity index (χ1v) is 9.45. The second kappa shape index (κ2) is 9.14. The molecule has 0 saturated carbocycles. The highest BCUT2D eigenvalue weighted by Gasteiger charge is 2.26. The van der Waals surface area contributed by atoms with E-state index in [2.05, 4.69) is 0 Å². The Morgan fingerprint density at radius 3 is 2.24 bits per heavy atom. The fourth-order valence-corrected chi connectivity index (χ4v) is 3.02. The average Bonchev–Trinajstić information content (AvgIpc) is 2.70. The van der Waals surface area contributed by atoms with E-state index >= 15 is 0 Å². The summed E-state index contributed by atoms with van der Waals surface area (Å²) in [6.45, 7) is 4.63. The standard InChI is InChI=1S/C24H23F3O2/c1-3-24(2,18-10-11-22(26)23(27)13-18)16-28-15-17-6-4-8-20(12-17)29-21-9-5-7-19(25)14-21/h4-14H,3,15-16H2,1-2H3. The highest BCUT2D eigenvalue weighted by atomic mass is 19.2. The van der Waals surface area contributed by atoms with Crippen molar-refractivity contribution < 1.29 is 22.6 Å². The van der Waals surface area contributed by atoms with Crippen LogP contribution in [0.2, 0.25) is 0 Å². The number of rotatable bonds is 8. The maximum atomic E-state index is 13.6. The van der Waals surface area contributed by atoms with Crippen LogP contribution in [0.4, 0.5) is 13.2 Å². The zero-order valence-corrected chi connectivity index (χ0v) is 16.4. The molecule has 0 radical (unpaired) electrons. The summed E-state index contributed by atoms with van der Waals surface area (Å²) in [7, 11) is 0. The first-order valence-electron chi connectivity index (χ1n) is 9.45. The molecule has 0 bridgehead atoms. The van der Waals surface area contributed by atoms with Gasteiger partial charge in [0.2, 0.25) is 0 Å². The summed E-state index contributed by atoms with van der Waals surface area (Å²) in [5.41, 5.74) is 1.15. The van der Waals surface area contributed by atoms with Gasteiger partial charge in [-0.25, -0.2) is 13.2 Å². The van der Waals surface area contributed by atoms with Gasteiger partial charge in [-0.2, -0.15) is 0 Å². The predicted octanol–water partition coefficient (Wildman–Crippen LogP) is 6.78. The van der Waals surface area contributed by atoms with Crippen LogP contribution in [0.15, 0.2) is 66.7 Å². The molecular weight excluding hydrogens is 377 g/mol. The van der Waals surface area contributed by atoms with E-state index in [1.54, 1.807) is 24.3 Å². The number of ether oxygens (including phenoxy) is 2. The quantitative estimate of drug-likeness (QED) is 0.415. The van der Waals surface area contributed by atoms with Gasteiger partial charge in [-0.15, -0.1) is 0 Å². The summed E-state index contributed by atoms with van der Waals surface area (Å²) in [5.74, 6) is -1.08. The Morgan fingerprint density at radius 1 is 0.828 bits per heavy atom. The maximum absolute atomic E-state index is 13.6. The van der Waals surface area contributed by atoms with E-state index in [1.165, 1.54) is 18.2 Å². The van der Waals surface area contributed by atoms with Crippen LogP contribution in [0, 0.1) is 17.5 Å². The summed E-state index contributed by atoms with van der Waals surface area (Å²) < 4.78 is 51.8. The topological polar surface area (TPSA) is 18.5 Å². The number of hydrogen-bond acceptors (Lipinski definition) is 2. The Balaban J connectivity index is 1.64. The molecule has 1 atom stereocenters. The highest BCUT2D eigenvalue weighted by molar-refractivity contribution is 5.34. The molecular formula is C24H23F3O2. The van der Waals surface area contributed by atoms with Gasteiger partial charge in [0.1, 0.15) is 17.3 Å². The summed E-state index contributed by atoms with van der Waals surface area (Å²) in [6, 6.07) is 17.3. The van der Waals surface area contributed by atoms with Crippen molar-refractivity contribution in [3.8, 4) is 11.5 Å². The molecule has 0 N–H and O–H groups in total. The zero-order valence-electron chi connectivity index (χ0n) is 16.4. The van der Waals surface area contributed by atoms with Gasteiger partial charge in [0.15, 0.2) is 11.6 Å². The van der Waals surface area contributed by atoms with Crippen molar-refractivity contribution >= 4 is 0 Å². The van der Waals surface area contributed by atoms with Crippen molar-refractivity contribution in [2.45, 2.75) is 32.3 Å². The fourth-order valence-electron chi connectivity index (χ4n) is 3.02. The van der Waals surface area contributed by atoms with Crippen molar-refractivity contribution in [2.75, 3.05) is 6.61 Å². The van der Waals surface area contributed by atoms with E-state index in [9.17, 15) is 13.2 Å². The smallest absolute Gasteiger partial charge is 0.159 e. The summed E-state index contributed by atoms with van der Waals surface area (Å²) in [4.78, 5) is 0. The molecule has 3 aromatic rings. The Hall–Kier alpha value is -2.79. The van der Waals surface area contributed by atoms with Gasteiger partial charge in [-0.05, 0) is 53.9 Å². The van der Waals surface area contributed by atoms with Gasteiger partial charge < -0.3 is 9.47 Å². The normalized spacial score (nSPS) is 13.1. The highest BCUT2D eigenvalue weighted by Crippen LogP contribution is 2.30. The number of halogens is 3. The van der Waals surface area contributed by atoms with E-state index in [1.807, 2.05) is 32.0 Å². The van der Waals surface area contributed by atoms with E-state index in [0.717, 1.165) is 11.6 Å². The lowest BCUT2D eigenvalue weighted by Gasteiger charge is -2.29. The first-order chi connectivity index (χ1) is 13.9. The summed E-state index contributed by atoms with van der Waals surface area (Å²) >= 11 is 0. The van der Waals surface area contributed by atoms with E-state index in [4.69, 9.17) is 9.47 Å². The van der Waals surface area contributed by atoms with E-state index in [-0.39, 0.29) is 5.82 Å². The lowest BCUT2D eigenvalue weighted by atomic mass is 9.81. The van der Waals surface area contributed by atoms with Gasteiger partial charge in [0, 0.05) is 11.5 Å². The third-order valence-corrected chi connectivity index (χ3v) is 5.02. The van der Waals surface area contributed by atoms with E-state index < -0.39 is 17.0 Å². The minimum atomic E-state index is -0.858. The minimum absolute atomic E-state index is 0.333. The lowest BCUT2D eigenvalue weighted by Crippen LogP contribution is -2.27. The van der Waals surface area contributed by atoms with Crippen LogP contribution in [0.5, 0.6) is 11.5 Å². The lowest BCUT2D eigenvalue weighted by molar-refractivity contribution is 0.0745. The predicted molar refractivity (Wildman–Crippen MR) is 107 cm³/mol. The van der Waals surface area contributed by atoms with Crippen LogP contribution in [0.3, 0.4) is 0 Å². The molecule has 0 fully saturated rings. The van der Waals surface area contributed by atoms with Crippen LogP contribution < -0.4 is 4.74 Å². The number of hydrogen-bond donors (Lipinski definition) is 0. The zero-order chi connectivity index (χ0) is 20.9. The molecule has 3 rings (SSSR count). The van der Waals surface area contributed by atoms with E-state index in [0.29, 0.717) is 36.7 Å². The monoisotopic (exact) mass is 400 g/mol. The third-order valence-electron chi connectivity index (χ3n) is 5.02. The van der Waals surface area contributed by atoms with Crippen LogP contribution in [0.1, 0.15) is 31.4 Å². The molecule has 0 amide bonds. The molecule has 1 unspecified atom stereocenters. The SMILES string of the molecule is CCC(C)(COCc1cccc(Oc2cccc(F)c2)c1)c1ccc(F)c(F)c1.